The third kappa shape index (κ3) is 2.54. The molecule has 2 heterocycles. The highest BCUT2D eigenvalue weighted by Crippen LogP contribution is 2.28. The van der Waals surface area contributed by atoms with Gasteiger partial charge < -0.3 is 5.32 Å². The summed E-state index contributed by atoms with van der Waals surface area (Å²) < 4.78 is 0. The predicted octanol–water partition coefficient (Wildman–Crippen LogP) is 2.25. The minimum Gasteiger partial charge on any atom is -0.314 e. The zero-order valence-corrected chi connectivity index (χ0v) is 10.5. The van der Waals surface area contributed by atoms with Crippen LogP contribution in [-0.4, -0.2) is 36.1 Å². The maximum absolute atomic E-state index is 3.55. The molecule has 2 rings (SSSR count). The van der Waals surface area contributed by atoms with Gasteiger partial charge >= 0.3 is 0 Å². The van der Waals surface area contributed by atoms with Crippen molar-refractivity contribution in [1.29, 1.82) is 0 Å². The van der Waals surface area contributed by atoms with Gasteiger partial charge in [-0.05, 0) is 58.5 Å². The average molecular weight is 210 g/mol. The molecule has 0 aromatic rings. The van der Waals surface area contributed by atoms with Gasteiger partial charge in [-0.25, -0.2) is 0 Å². The molecule has 1 N–H and O–H groups in total. The molecule has 15 heavy (non-hydrogen) atoms. The Balaban J connectivity index is 1.96. The quantitative estimate of drug-likeness (QED) is 0.714. The number of hydrogen-bond donors (Lipinski definition) is 1. The Morgan fingerprint density at radius 1 is 1.13 bits per heavy atom. The minimum atomic E-state index is 0.716. The first kappa shape index (κ1) is 11.4. The highest BCUT2D eigenvalue weighted by molar-refractivity contribution is 4.88. The third-order valence-electron chi connectivity index (χ3n) is 4.49. The number of rotatable bonds is 1. The fraction of sp³-hybridized carbons (Fsp3) is 1.00. The highest BCUT2D eigenvalue weighted by Gasteiger charge is 2.32. The molecule has 2 aliphatic rings. The van der Waals surface area contributed by atoms with Gasteiger partial charge in [0.2, 0.25) is 0 Å². The minimum absolute atomic E-state index is 0.716. The van der Waals surface area contributed by atoms with E-state index in [9.17, 15) is 0 Å². The lowest BCUT2D eigenvalue weighted by Gasteiger charge is -2.45. The van der Waals surface area contributed by atoms with E-state index in [1.165, 1.54) is 38.8 Å². The normalized spacial score (nSPS) is 44.2. The van der Waals surface area contributed by atoms with Crippen molar-refractivity contribution < 1.29 is 0 Å². The lowest BCUT2D eigenvalue weighted by atomic mass is 9.88. The van der Waals surface area contributed by atoms with Gasteiger partial charge in [0.15, 0.2) is 0 Å². The Morgan fingerprint density at radius 3 is 2.67 bits per heavy atom. The van der Waals surface area contributed by atoms with Crippen molar-refractivity contribution in [3.8, 4) is 0 Å². The van der Waals surface area contributed by atoms with Crippen LogP contribution >= 0.6 is 0 Å². The molecular weight excluding hydrogens is 184 g/mol. The zero-order chi connectivity index (χ0) is 10.8. The van der Waals surface area contributed by atoms with Crippen molar-refractivity contribution in [2.45, 2.75) is 64.6 Å². The maximum Gasteiger partial charge on any atom is 0.0125 e. The lowest BCUT2D eigenvalue weighted by Crippen LogP contribution is -2.53. The van der Waals surface area contributed by atoms with E-state index in [0.717, 1.165) is 18.0 Å². The van der Waals surface area contributed by atoms with Crippen LogP contribution in [0.25, 0.3) is 0 Å². The number of likely N-dealkylation sites (tertiary alicyclic amines) is 1. The van der Waals surface area contributed by atoms with Crippen molar-refractivity contribution in [2.24, 2.45) is 5.92 Å². The van der Waals surface area contributed by atoms with E-state index >= 15 is 0 Å². The van der Waals surface area contributed by atoms with Gasteiger partial charge in [0.05, 0.1) is 0 Å². The van der Waals surface area contributed by atoms with Crippen LogP contribution in [0.3, 0.4) is 0 Å². The second kappa shape index (κ2) is 4.84. The van der Waals surface area contributed by atoms with E-state index in [4.69, 9.17) is 0 Å². The summed E-state index contributed by atoms with van der Waals surface area (Å²) in [5.74, 6) is 0.893. The number of piperidine rings is 2. The molecule has 0 radical (unpaired) electrons. The van der Waals surface area contributed by atoms with Crippen LogP contribution in [0.5, 0.6) is 0 Å². The molecule has 2 saturated heterocycles. The summed E-state index contributed by atoms with van der Waals surface area (Å²) in [6.45, 7) is 9.72. The molecule has 0 aromatic carbocycles. The molecule has 88 valence electrons. The summed E-state index contributed by atoms with van der Waals surface area (Å²) in [4.78, 5) is 2.78. The van der Waals surface area contributed by atoms with Gasteiger partial charge in [-0.3, -0.25) is 4.90 Å². The van der Waals surface area contributed by atoms with E-state index in [1.54, 1.807) is 0 Å². The predicted molar refractivity (Wildman–Crippen MR) is 65.1 cm³/mol. The SMILES string of the molecule is CC1CC(N2CCCC(C)C2C)CCN1. The molecule has 2 nitrogen and oxygen atoms in total. The Kier molecular flexibility index (Phi) is 3.68. The largest absolute Gasteiger partial charge is 0.314 e. The summed E-state index contributed by atoms with van der Waals surface area (Å²) in [5.41, 5.74) is 0. The molecule has 2 heteroatoms. The van der Waals surface area contributed by atoms with Gasteiger partial charge in [0.1, 0.15) is 0 Å². The fourth-order valence-electron chi connectivity index (χ4n) is 3.29. The number of hydrogen-bond acceptors (Lipinski definition) is 2. The van der Waals surface area contributed by atoms with Crippen molar-refractivity contribution in [1.82, 2.24) is 10.2 Å². The first-order valence-electron chi connectivity index (χ1n) is 6.67. The molecule has 2 aliphatic heterocycles. The van der Waals surface area contributed by atoms with Gasteiger partial charge in [-0.15, -0.1) is 0 Å². The van der Waals surface area contributed by atoms with Crippen LogP contribution in [0.2, 0.25) is 0 Å². The Morgan fingerprint density at radius 2 is 1.93 bits per heavy atom. The van der Waals surface area contributed by atoms with Crippen molar-refractivity contribution in [2.75, 3.05) is 13.1 Å². The molecule has 0 bridgehead atoms. The molecule has 4 unspecified atom stereocenters. The molecule has 0 aliphatic carbocycles. The Bertz CT molecular complexity index is 205. The van der Waals surface area contributed by atoms with E-state index in [-0.39, 0.29) is 0 Å². The van der Waals surface area contributed by atoms with Crippen LogP contribution in [0.4, 0.5) is 0 Å². The van der Waals surface area contributed by atoms with Gasteiger partial charge in [0, 0.05) is 18.1 Å². The van der Waals surface area contributed by atoms with E-state index in [0.29, 0.717) is 6.04 Å². The van der Waals surface area contributed by atoms with Gasteiger partial charge in [-0.2, -0.15) is 0 Å². The topological polar surface area (TPSA) is 15.3 Å². The van der Waals surface area contributed by atoms with Gasteiger partial charge in [0.25, 0.3) is 0 Å². The second-order valence-corrected chi connectivity index (χ2v) is 5.63. The fourth-order valence-corrected chi connectivity index (χ4v) is 3.29. The molecule has 2 fully saturated rings. The summed E-state index contributed by atoms with van der Waals surface area (Å²) in [6.07, 6.45) is 5.53. The number of nitrogens with zero attached hydrogens (tertiary/aromatic N) is 1. The zero-order valence-electron chi connectivity index (χ0n) is 10.5. The second-order valence-electron chi connectivity index (χ2n) is 5.63. The summed E-state index contributed by atoms with van der Waals surface area (Å²) in [7, 11) is 0. The van der Waals surface area contributed by atoms with Crippen LogP contribution in [0.1, 0.15) is 46.5 Å². The summed E-state index contributed by atoms with van der Waals surface area (Å²) in [6, 6.07) is 2.36. The molecule has 4 atom stereocenters. The van der Waals surface area contributed by atoms with Crippen LogP contribution < -0.4 is 5.32 Å². The van der Waals surface area contributed by atoms with Crippen molar-refractivity contribution in [3.05, 3.63) is 0 Å². The molecule has 0 saturated carbocycles. The maximum atomic E-state index is 3.55. The summed E-state index contributed by atoms with van der Waals surface area (Å²) >= 11 is 0. The molecule has 0 spiro atoms. The lowest BCUT2D eigenvalue weighted by molar-refractivity contribution is 0.0471. The Hall–Kier alpha value is -0.0800. The third-order valence-corrected chi connectivity index (χ3v) is 4.49. The Labute approximate surface area is 94.4 Å². The van der Waals surface area contributed by atoms with Gasteiger partial charge in [-0.1, -0.05) is 6.92 Å². The molecule has 0 amide bonds. The summed E-state index contributed by atoms with van der Waals surface area (Å²) in [5, 5.41) is 3.55. The smallest absolute Gasteiger partial charge is 0.0125 e. The van der Waals surface area contributed by atoms with Crippen LogP contribution in [0.15, 0.2) is 0 Å². The standard InChI is InChI=1S/C13H26N2/c1-10-5-4-8-15(12(10)3)13-6-7-14-11(2)9-13/h10-14H,4-9H2,1-3H3. The van der Waals surface area contributed by atoms with Crippen LogP contribution in [0, 0.1) is 5.92 Å². The van der Waals surface area contributed by atoms with E-state index in [1.807, 2.05) is 0 Å². The van der Waals surface area contributed by atoms with Crippen molar-refractivity contribution >= 4 is 0 Å². The first-order chi connectivity index (χ1) is 7.18. The van der Waals surface area contributed by atoms with Crippen molar-refractivity contribution in [3.63, 3.8) is 0 Å². The molecule has 0 aromatic heterocycles. The van der Waals surface area contributed by atoms with E-state index < -0.39 is 0 Å². The highest BCUT2D eigenvalue weighted by atomic mass is 15.2. The average Bonchev–Trinajstić information content (AvgIpc) is 2.22. The molecular formula is C13H26N2. The number of nitrogens with one attached hydrogen (secondary N) is 1. The van der Waals surface area contributed by atoms with E-state index in [2.05, 4.69) is 31.0 Å². The first-order valence-corrected chi connectivity index (χ1v) is 6.67. The monoisotopic (exact) mass is 210 g/mol. The van der Waals surface area contributed by atoms with Crippen LogP contribution in [-0.2, 0) is 0 Å².